The van der Waals surface area contributed by atoms with Gasteiger partial charge in [-0.3, -0.25) is 0 Å². The summed E-state index contributed by atoms with van der Waals surface area (Å²) in [6, 6.07) is 1.97. The lowest BCUT2D eigenvalue weighted by Crippen LogP contribution is -2.40. The third kappa shape index (κ3) is 4.93. The lowest BCUT2D eigenvalue weighted by Gasteiger charge is -2.32. The summed E-state index contributed by atoms with van der Waals surface area (Å²) in [4.78, 5) is 2.35. The van der Waals surface area contributed by atoms with E-state index < -0.39 is 0 Å². The number of likely N-dealkylation sites (tertiary alicyclic amines) is 1. The van der Waals surface area contributed by atoms with Crippen LogP contribution in [0.5, 0.6) is 0 Å². The number of aliphatic hydroxyl groups excluding tert-OH is 1. The fourth-order valence-corrected chi connectivity index (χ4v) is 2.65. The van der Waals surface area contributed by atoms with E-state index in [0.717, 1.165) is 50.1 Å². The molecule has 0 bridgehead atoms. The number of aromatic nitrogens is 1. The van der Waals surface area contributed by atoms with Crippen molar-refractivity contribution in [1.29, 1.82) is 0 Å². The Kier molecular flexibility index (Phi) is 5.36. The molecule has 0 aromatic carbocycles. The van der Waals surface area contributed by atoms with Crippen molar-refractivity contribution in [1.82, 2.24) is 15.4 Å². The van der Waals surface area contributed by atoms with Gasteiger partial charge < -0.3 is 19.8 Å². The summed E-state index contributed by atoms with van der Waals surface area (Å²) in [5, 5.41) is 16.8. The molecule has 0 saturated carbocycles. The molecule has 5 heteroatoms. The van der Waals surface area contributed by atoms with Gasteiger partial charge in [-0.2, -0.15) is 0 Å². The monoisotopic (exact) mass is 267 g/mol. The molecular formula is C14H25N3O2. The average molecular weight is 267 g/mol. The molecule has 1 aromatic rings. The van der Waals surface area contributed by atoms with Gasteiger partial charge in [0.1, 0.15) is 5.76 Å². The Morgan fingerprint density at radius 2 is 2.26 bits per heavy atom. The van der Waals surface area contributed by atoms with Crippen LogP contribution >= 0.6 is 0 Å². The second-order valence-electron chi connectivity index (χ2n) is 5.65. The van der Waals surface area contributed by atoms with E-state index in [1.807, 2.05) is 19.9 Å². The number of hydrogen-bond donors (Lipinski definition) is 2. The zero-order chi connectivity index (χ0) is 13.7. The fraction of sp³-hybridized carbons (Fsp3) is 0.786. The van der Waals surface area contributed by atoms with Crippen LogP contribution in [0.15, 0.2) is 10.6 Å². The van der Waals surface area contributed by atoms with E-state index in [-0.39, 0.29) is 6.10 Å². The summed E-state index contributed by atoms with van der Waals surface area (Å²) < 4.78 is 5.04. The first kappa shape index (κ1) is 14.5. The van der Waals surface area contributed by atoms with Crippen molar-refractivity contribution in [3.8, 4) is 0 Å². The SMILES string of the molecule is Cc1cc(CNCC2CCN(CC(C)O)CC2)no1. The number of nitrogens with zero attached hydrogens (tertiary/aromatic N) is 2. The van der Waals surface area contributed by atoms with Gasteiger partial charge in [-0.1, -0.05) is 5.16 Å². The minimum absolute atomic E-state index is 0.218. The number of hydrogen-bond acceptors (Lipinski definition) is 5. The van der Waals surface area contributed by atoms with Crippen LogP contribution in [0.2, 0.25) is 0 Å². The highest BCUT2D eigenvalue weighted by Gasteiger charge is 2.19. The second kappa shape index (κ2) is 7.03. The Balaban J connectivity index is 1.60. The third-order valence-corrected chi connectivity index (χ3v) is 3.65. The summed E-state index contributed by atoms with van der Waals surface area (Å²) in [5.41, 5.74) is 0.976. The average Bonchev–Trinajstić information content (AvgIpc) is 2.77. The normalized spacial score (nSPS) is 19.7. The maximum absolute atomic E-state index is 9.37. The van der Waals surface area contributed by atoms with Crippen LogP contribution in [0.3, 0.4) is 0 Å². The molecule has 0 aliphatic carbocycles. The molecule has 2 rings (SSSR count). The van der Waals surface area contributed by atoms with E-state index in [0.29, 0.717) is 0 Å². The van der Waals surface area contributed by atoms with Gasteiger partial charge in [0, 0.05) is 19.2 Å². The molecule has 19 heavy (non-hydrogen) atoms. The maximum Gasteiger partial charge on any atom is 0.133 e. The van der Waals surface area contributed by atoms with Gasteiger partial charge >= 0.3 is 0 Å². The molecule has 2 heterocycles. The van der Waals surface area contributed by atoms with Gasteiger partial charge in [0.2, 0.25) is 0 Å². The van der Waals surface area contributed by atoms with Crippen molar-refractivity contribution in [3.63, 3.8) is 0 Å². The van der Waals surface area contributed by atoms with Gasteiger partial charge in [0.25, 0.3) is 0 Å². The predicted octanol–water partition coefficient (Wildman–Crippen LogP) is 1.17. The van der Waals surface area contributed by atoms with Gasteiger partial charge in [-0.15, -0.1) is 0 Å². The first-order valence-corrected chi connectivity index (χ1v) is 7.17. The Bertz CT molecular complexity index is 371. The third-order valence-electron chi connectivity index (χ3n) is 3.65. The molecule has 1 fully saturated rings. The van der Waals surface area contributed by atoms with Crippen molar-refractivity contribution < 1.29 is 9.63 Å². The van der Waals surface area contributed by atoms with Crippen LogP contribution in [0, 0.1) is 12.8 Å². The second-order valence-corrected chi connectivity index (χ2v) is 5.65. The highest BCUT2D eigenvalue weighted by molar-refractivity contribution is 5.02. The predicted molar refractivity (Wildman–Crippen MR) is 73.8 cm³/mol. The maximum atomic E-state index is 9.37. The zero-order valence-corrected chi connectivity index (χ0v) is 11.9. The summed E-state index contributed by atoms with van der Waals surface area (Å²) in [5.74, 6) is 1.60. The summed E-state index contributed by atoms with van der Waals surface area (Å²) in [7, 11) is 0. The molecule has 0 radical (unpaired) electrons. The van der Waals surface area contributed by atoms with Crippen molar-refractivity contribution >= 4 is 0 Å². The molecule has 1 atom stereocenters. The standard InChI is InChI=1S/C14H25N3O2/c1-11(18)10-17-5-3-13(4-6-17)8-15-9-14-7-12(2)19-16-14/h7,11,13,15,18H,3-6,8-10H2,1-2H3. The Hall–Kier alpha value is -0.910. The molecule has 108 valence electrons. The summed E-state index contributed by atoms with van der Waals surface area (Å²) in [6.07, 6.45) is 2.19. The van der Waals surface area contributed by atoms with Crippen LogP contribution < -0.4 is 5.32 Å². The van der Waals surface area contributed by atoms with Crippen molar-refractivity contribution in [2.75, 3.05) is 26.2 Å². The molecule has 1 unspecified atom stereocenters. The smallest absolute Gasteiger partial charge is 0.133 e. The van der Waals surface area contributed by atoms with Crippen molar-refractivity contribution in [2.45, 2.75) is 39.3 Å². The van der Waals surface area contributed by atoms with Crippen molar-refractivity contribution in [3.05, 3.63) is 17.5 Å². The van der Waals surface area contributed by atoms with E-state index in [1.54, 1.807) is 0 Å². The number of aliphatic hydroxyl groups is 1. The first-order chi connectivity index (χ1) is 9.13. The molecular weight excluding hydrogens is 242 g/mol. The van der Waals surface area contributed by atoms with E-state index >= 15 is 0 Å². The molecule has 1 aromatic heterocycles. The highest BCUT2D eigenvalue weighted by Crippen LogP contribution is 2.16. The van der Waals surface area contributed by atoms with Crippen LogP contribution in [-0.2, 0) is 6.54 Å². The summed E-state index contributed by atoms with van der Waals surface area (Å²) in [6.45, 7) is 8.58. The molecule has 5 nitrogen and oxygen atoms in total. The highest BCUT2D eigenvalue weighted by atomic mass is 16.5. The van der Waals surface area contributed by atoms with E-state index in [1.165, 1.54) is 12.8 Å². The van der Waals surface area contributed by atoms with Crippen LogP contribution in [0.25, 0.3) is 0 Å². The molecule has 0 spiro atoms. The quantitative estimate of drug-likeness (QED) is 0.810. The van der Waals surface area contributed by atoms with Crippen LogP contribution in [0.4, 0.5) is 0 Å². The van der Waals surface area contributed by atoms with Crippen LogP contribution in [-0.4, -0.2) is 47.4 Å². The Morgan fingerprint density at radius 1 is 1.53 bits per heavy atom. The largest absolute Gasteiger partial charge is 0.392 e. The molecule has 2 N–H and O–H groups in total. The Morgan fingerprint density at radius 3 is 2.84 bits per heavy atom. The fourth-order valence-electron chi connectivity index (χ4n) is 2.65. The lowest BCUT2D eigenvalue weighted by atomic mass is 9.96. The number of β-amino-alcohol motifs (C(OH)–C–C–N with tert-alkyl or cyclic N) is 1. The van der Waals surface area contributed by atoms with Gasteiger partial charge in [-0.25, -0.2) is 0 Å². The van der Waals surface area contributed by atoms with Crippen molar-refractivity contribution in [2.24, 2.45) is 5.92 Å². The number of nitrogens with one attached hydrogen (secondary N) is 1. The number of piperidine rings is 1. The van der Waals surface area contributed by atoms with E-state index in [9.17, 15) is 5.11 Å². The zero-order valence-electron chi connectivity index (χ0n) is 11.9. The number of aryl methyl sites for hydroxylation is 1. The minimum Gasteiger partial charge on any atom is -0.392 e. The molecule has 0 amide bonds. The minimum atomic E-state index is -0.218. The van der Waals surface area contributed by atoms with Crippen LogP contribution in [0.1, 0.15) is 31.2 Å². The molecule has 1 saturated heterocycles. The van der Waals surface area contributed by atoms with E-state index in [2.05, 4.69) is 15.4 Å². The van der Waals surface area contributed by atoms with E-state index in [4.69, 9.17) is 4.52 Å². The molecule has 1 aliphatic heterocycles. The van der Waals surface area contributed by atoms with Gasteiger partial charge in [0.05, 0.1) is 11.8 Å². The first-order valence-electron chi connectivity index (χ1n) is 7.17. The summed E-state index contributed by atoms with van der Waals surface area (Å²) >= 11 is 0. The molecule has 1 aliphatic rings. The number of rotatable bonds is 6. The van der Waals surface area contributed by atoms with Gasteiger partial charge in [-0.05, 0) is 52.2 Å². The lowest BCUT2D eigenvalue weighted by molar-refractivity contribution is 0.0997. The topological polar surface area (TPSA) is 61.5 Å². The van der Waals surface area contributed by atoms with Gasteiger partial charge in [0.15, 0.2) is 0 Å². The Labute approximate surface area is 115 Å².